The van der Waals surface area contributed by atoms with Crippen molar-refractivity contribution in [2.75, 3.05) is 40.5 Å². The Morgan fingerprint density at radius 1 is 1.19 bits per heavy atom. The number of methoxy groups -OCH3 is 2. The molecular formula is C19H27N3O8S. The molecule has 2 heterocycles. The van der Waals surface area contributed by atoms with E-state index >= 15 is 0 Å². The Labute approximate surface area is 180 Å². The van der Waals surface area contributed by atoms with Crippen molar-refractivity contribution in [3.63, 3.8) is 0 Å². The number of amides is 2. The number of likely N-dealkylation sites (tertiary alicyclic amines) is 1. The van der Waals surface area contributed by atoms with Crippen molar-refractivity contribution in [1.29, 1.82) is 0 Å². The van der Waals surface area contributed by atoms with Gasteiger partial charge < -0.3 is 19.1 Å². The molecule has 2 aliphatic rings. The third kappa shape index (κ3) is 4.76. The first-order valence-corrected chi connectivity index (χ1v) is 11.3. The van der Waals surface area contributed by atoms with Crippen LogP contribution in [-0.4, -0.2) is 87.4 Å². The van der Waals surface area contributed by atoms with E-state index in [9.17, 15) is 23.2 Å². The quantitative estimate of drug-likeness (QED) is 0.342. The molecule has 3 atom stereocenters. The molecule has 12 heteroatoms. The van der Waals surface area contributed by atoms with Crippen molar-refractivity contribution in [2.45, 2.75) is 29.8 Å². The Hall–Kier alpha value is -2.41. The van der Waals surface area contributed by atoms with E-state index in [-0.39, 0.29) is 37.0 Å². The topological polar surface area (TPSA) is 135 Å². The summed E-state index contributed by atoms with van der Waals surface area (Å²) in [7, 11) is -1.14. The average Bonchev–Trinajstić information content (AvgIpc) is 3.18. The molecule has 3 rings (SSSR count). The summed E-state index contributed by atoms with van der Waals surface area (Å²) in [6, 6.07) is 4.11. The zero-order chi connectivity index (χ0) is 22.6. The monoisotopic (exact) mass is 457 g/mol. The molecule has 1 aromatic rings. The van der Waals surface area contributed by atoms with Gasteiger partial charge in [0, 0.05) is 26.2 Å². The number of nitrogens with zero attached hydrogens (tertiary/aromatic N) is 2. The van der Waals surface area contributed by atoms with Crippen LogP contribution in [0.4, 0.5) is 4.79 Å². The maximum atomic E-state index is 13.5. The molecule has 1 unspecified atom stereocenters. The summed E-state index contributed by atoms with van der Waals surface area (Å²) in [4.78, 5) is 26.1. The van der Waals surface area contributed by atoms with Crippen LogP contribution in [-0.2, 0) is 24.3 Å². The second-order valence-electron chi connectivity index (χ2n) is 7.41. The minimum Gasteiger partial charge on any atom is -0.497 e. The molecule has 2 fully saturated rings. The van der Waals surface area contributed by atoms with Crippen molar-refractivity contribution >= 4 is 22.0 Å². The Bertz CT molecular complexity index is 892. The number of carbonyl (C=O) groups excluding carboxylic acids is 2. The molecule has 0 aliphatic carbocycles. The van der Waals surface area contributed by atoms with E-state index in [1.54, 1.807) is 5.48 Å². The van der Waals surface area contributed by atoms with Gasteiger partial charge in [-0.15, -0.1) is 0 Å². The summed E-state index contributed by atoms with van der Waals surface area (Å²) in [5.41, 5.74) is 1.57. The molecule has 2 N–H and O–H groups in total. The first-order chi connectivity index (χ1) is 14.8. The molecule has 0 radical (unpaired) electrons. The highest BCUT2D eigenvalue weighted by molar-refractivity contribution is 7.89. The number of fused-ring (bicyclic) bond motifs is 1. The number of rotatable bonds is 7. The predicted octanol–water partition coefficient (Wildman–Crippen LogP) is 0.437. The first-order valence-electron chi connectivity index (χ1n) is 9.85. The van der Waals surface area contributed by atoms with Crippen LogP contribution in [0.3, 0.4) is 0 Å². The van der Waals surface area contributed by atoms with Crippen molar-refractivity contribution in [3.8, 4) is 5.75 Å². The maximum Gasteiger partial charge on any atom is 0.409 e. The van der Waals surface area contributed by atoms with Crippen LogP contribution in [0.15, 0.2) is 29.2 Å². The van der Waals surface area contributed by atoms with E-state index in [1.807, 2.05) is 0 Å². The van der Waals surface area contributed by atoms with Gasteiger partial charge in [-0.1, -0.05) is 0 Å². The molecule has 0 bridgehead atoms. The fourth-order valence-corrected chi connectivity index (χ4v) is 5.98. The normalized spacial score (nSPS) is 23.8. The smallest absolute Gasteiger partial charge is 0.409 e. The van der Waals surface area contributed by atoms with Gasteiger partial charge in [0.15, 0.2) is 0 Å². The number of hydrogen-bond acceptors (Lipinski definition) is 8. The lowest BCUT2D eigenvalue weighted by Crippen LogP contribution is -2.54. The zero-order valence-electron chi connectivity index (χ0n) is 17.4. The molecule has 1 aromatic carbocycles. The molecule has 2 saturated heterocycles. The number of hydrogen-bond donors (Lipinski definition) is 2. The van der Waals surface area contributed by atoms with Gasteiger partial charge in [-0.25, -0.2) is 18.7 Å². The highest BCUT2D eigenvalue weighted by Crippen LogP contribution is 2.40. The second kappa shape index (κ2) is 9.81. The molecule has 0 spiro atoms. The molecule has 0 aromatic heterocycles. The zero-order valence-corrected chi connectivity index (χ0v) is 18.2. The van der Waals surface area contributed by atoms with Crippen LogP contribution in [0, 0.1) is 5.92 Å². The van der Waals surface area contributed by atoms with Gasteiger partial charge in [0.25, 0.3) is 5.91 Å². The van der Waals surface area contributed by atoms with Gasteiger partial charge in [0.2, 0.25) is 10.0 Å². The number of benzene rings is 1. The van der Waals surface area contributed by atoms with Crippen LogP contribution in [0.1, 0.15) is 12.8 Å². The first kappa shape index (κ1) is 23.3. The molecule has 0 saturated carbocycles. The lowest BCUT2D eigenvalue weighted by Gasteiger charge is -2.37. The summed E-state index contributed by atoms with van der Waals surface area (Å²) in [6.07, 6.45) is 0.194. The van der Waals surface area contributed by atoms with Crippen LogP contribution in [0.2, 0.25) is 0 Å². The number of hydroxylamine groups is 1. The van der Waals surface area contributed by atoms with Crippen LogP contribution in [0.5, 0.6) is 5.75 Å². The fourth-order valence-electron chi connectivity index (χ4n) is 4.15. The predicted molar refractivity (Wildman–Crippen MR) is 107 cm³/mol. The van der Waals surface area contributed by atoms with E-state index in [2.05, 4.69) is 0 Å². The van der Waals surface area contributed by atoms with Crippen molar-refractivity contribution in [2.24, 2.45) is 5.92 Å². The number of sulfonamides is 1. The molecule has 2 aliphatic heterocycles. The summed E-state index contributed by atoms with van der Waals surface area (Å²) in [6.45, 7) is 0.809. The minimum absolute atomic E-state index is 0.00974. The second-order valence-corrected chi connectivity index (χ2v) is 9.25. The molecule has 31 heavy (non-hydrogen) atoms. The molecule has 11 nitrogen and oxygen atoms in total. The van der Waals surface area contributed by atoms with Crippen molar-refractivity contribution < 1.29 is 37.4 Å². The summed E-state index contributed by atoms with van der Waals surface area (Å²) >= 11 is 0. The molecule has 172 valence electrons. The van der Waals surface area contributed by atoms with Crippen LogP contribution in [0.25, 0.3) is 0 Å². The lowest BCUT2D eigenvalue weighted by atomic mass is 9.91. The Balaban J connectivity index is 1.88. The Morgan fingerprint density at radius 3 is 2.52 bits per heavy atom. The van der Waals surface area contributed by atoms with Gasteiger partial charge in [0.1, 0.15) is 18.4 Å². The van der Waals surface area contributed by atoms with E-state index in [4.69, 9.17) is 14.2 Å². The van der Waals surface area contributed by atoms with Gasteiger partial charge in [-0.05, 0) is 43.0 Å². The van der Waals surface area contributed by atoms with Crippen molar-refractivity contribution in [1.82, 2.24) is 14.7 Å². The largest absolute Gasteiger partial charge is 0.497 e. The number of ether oxygens (including phenoxy) is 3. The summed E-state index contributed by atoms with van der Waals surface area (Å²) in [5, 5.41) is 9.18. The highest BCUT2D eigenvalue weighted by atomic mass is 32.2. The number of nitrogens with one attached hydrogen (secondary N) is 1. The average molecular weight is 458 g/mol. The minimum atomic E-state index is -4.10. The van der Waals surface area contributed by atoms with Gasteiger partial charge >= 0.3 is 6.09 Å². The fraction of sp³-hybridized carbons (Fsp3) is 0.579. The third-order valence-electron chi connectivity index (χ3n) is 5.70. The Morgan fingerprint density at radius 2 is 1.90 bits per heavy atom. The Kier molecular flexibility index (Phi) is 7.36. The van der Waals surface area contributed by atoms with Crippen LogP contribution < -0.4 is 10.2 Å². The molecular weight excluding hydrogens is 430 g/mol. The molecule has 2 amide bonds. The standard InChI is InChI=1S/C19H27N3O8S/c1-28-9-10-30-19(24)21-8-7-13-11-16(18(23)20-25)22(17(13)12-21)31(26,27)15-5-3-14(29-2)4-6-15/h3-6,13,16-17,25H,7-12H2,1-2H3,(H,20,23)/t13-,16?,17-/m0/s1. The third-order valence-corrected chi connectivity index (χ3v) is 7.65. The van der Waals surface area contributed by atoms with E-state index in [0.717, 1.165) is 4.31 Å². The maximum absolute atomic E-state index is 13.5. The van der Waals surface area contributed by atoms with Crippen LogP contribution >= 0.6 is 0 Å². The lowest BCUT2D eigenvalue weighted by molar-refractivity contribution is -0.132. The van der Waals surface area contributed by atoms with E-state index in [0.29, 0.717) is 18.7 Å². The van der Waals surface area contributed by atoms with Gasteiger partial charge in [-0.2, -0.15) is 4.31 Å². The number of carbonyl (C=O) groups is 2. The summed E-state index contributed by atoms with van der Waals surface area (Å²) in [5.74, 6) is -0.454. The van der Waals surface area contributed by atoms with Gasteiger partial charge in [-0.3, -0.25) is 10.0 Å². The highest BCUT2D eigenvalue weighted by Gasteiger charge is 2.52. The SMILES string of the molecule is COCCOC(=O)N1CC[C@H]2CC(C(=O)NO)N(S(=O)(=O)c3ccc(OC)cc3)[C@H]2C1. The summed E-state index contributed by atoms with van der Waals surface area (Å²) < 4.78 is 43.2. The number of piperidine rings is 1. The van der Waals surface area contributed by atoms with E-state index in [1.165, 1.54) is 43.4 Å². The van der Waals surface area contributed by atoms with Crippen molar-refractivity contribution in [3.05, 3.63) is 24.3 Å². The van der Waals surface area contributed by atoms with Gasteiger partial charge in [0.05, 0.1) is 18.6 Å². The van der Waals surface area contributed by atoms with E-state index < -0.39 is 34.1 Å².